The number of carboxylic acids is 1. The van der Waals surface area contributed by atoms with Gasteiger partial charge in [0.2, 0.25) is 0 Å². The molecule has 3 aromatic rings. The molecule has 0 bridgehead atoms. The van der Waals surface area contributed by atoms with E-state index >= 15 is 0 Å². The molecule has 198 valence electrons. The van der Waals surface area contributed by atoms with E-state index in [9.17, 15) is 14.4 Å². The first-order chi connectivity index (χ1) is 16.6. The molecule has 0 radical (unpaired) electrons. The molecular weight excluding hydrogens is 590 g/mol. The topological polar surface area (TPSA) is 132 Å². The number of carbonyl (C=O) groups is 3. The fraction of sp³-hybridized carbons (Fsp3) is 0.478. The lowest BCUT2D eigenvalue weighted by Crippen LogP contribution is -2.36. The van der Waals surface area contributed by atoms with Gasteiger partial charge in [0.05, 0.1) is 22.1 Å². The number of carboxylic acid groups (broad SMARTS) is 1. The summed E-state index contributed by atoms with van der Waals surface area (Å²) in [6.45, 7) is 11.2. The van der Waals surface area contributed by atoms with Gasteiger partial charge in [-0.15, -0.1) is 22.7 Å². The number of amides is 2. The van der Waals surface area contributed by atoms with Gasteiger partial charge in [-0.05, 0) is 86.9 Å². The monoisotopic (exact) mass is 619 g/mol. The molecule has 0 saturated heterocycles. The summed E-state index contributed by atoms with van der Waals surface area (Å²) in [6, 6.07) is 3.92. The Hall–Kier alpha value is -2.22. The average Bonchev–Trinajstić information content (AvgIpc) is 3.41. The molecule has 0 aliphatic rings. The third-order valence-electron chi connectivity index (χ3n) is 4.04. The number of aryl methyl sites for hydroxylation is 1. The van der Waals surface area contributed by atoms with E-state index in [-0.39, 0.29) is 6.42 Å². The molecule has 0 aliphatic heterocycles. The van der Waals surface area contributed by atoms with Crippen LogP contribution < -0.4 is 10.6 Å². The van der Waals surface area contributed by atoms with E-state index in [0.717, 1.165) is 24.4 Å². The fourth-order valence-electron chi connectivity index (χ4n) is 2.75. The highest BCUT2D eigenvalue weighted by molar-refractivity contribution is 9.10. The summed E-state index contributed by atoms with van der Waals surface area (Å²) >= 11 is 7.82. The molecule has 3 N–H and O–H groups in total. The molecule has 0 fully saturated rings. The number of primary amides is 1. The van der Waals surface area contributed by atoms with Gasteiger partial charge < -0.3 is 20.3 Å². The molecule has 0 aromatic carbocycles. The van der Waals surface area contributed by atoms with Gasteiger partial charge >= 0.3 is 18.2 Å². The maximum atomic E-state index is 12.9. The number of anilines is 1. The highest BCUT2D eigenvalue weighted by atomic mass is 79.9. The predicted molar refractivity (Wildman–Crippen MR) is 148 cm³/mol. The molecule has 0 spiro atoms. The fourth-order valence-corrected chi connectivity index (χ4v) is 6.57. The number of ether oxygens (including phenoxy) is 2. The van der Waals surface area contributed by atoms with Gasteiger partial charge in [-0.25, -0.2) is 9.59 Å². The minimum atomic E-state index is -0.843. The number of nitrogens with two attached hydrogens (primary N) is 1. The molecule has 2 amide bonds. The van der Waals surface area contributed by atoms with Crippen molar-refractivity contribution in [1.82, 2.24) is 4.37 Å². The number of aromatic nitrogens is 1. The van der Waals surface area contributed by atoms with Gasteiger partial charge in [0, 0.05) is 9.75 Å². The predicted octanol–water partition coefficient (Wildman–Crippen LogP) is 7.02. The van der Waals surface area contributed by atoms with Crippen molar-refractivity contribution in [2.24, 2.45) is 5.73 Å². The van der Waals surface area contributed by atoms with Crippen molar-refractivity contribution in [3.63, 3.8) is 0 Å². The first-order valence-corrected chi connectivity index (χ1v) is 14.1. The molecule has 36 heavy (non-hydrogen) atoms. The van der Waals surface area contributed by atoms with Crippen LogP contribution in [0.5, 0.6) is 0 Å². The lowest BCUT2D eigenvalue weighted by Gasteiger charge is -2.26. The third-order valence-corrected chi connectivity index (χ3v) is 8.26. The number of hydrogen-bond acceptors (Lipinski definition) is 9. The van der Waals surface area contributed by atoms with Crippen LogP contribution in [0.25, 0.3) is 10.2 Å². The van der Waals surface area contributed by atoms with Crippen molar-refractivity contribution in [2.75, 3.05) is 4.90 Å². The van der Waals surface area contributed by atoms with Gasteiger partial charge in [0.15, 0.2) is 0 Å². The lowest BCUT2D eigenvalue weighted by atomic mass is 10.2. The molecule has 0 aliphatic carbocycles. The molecule has 0 atom stereocenters. The summed E-state index contributed by atoms with van der Waals surface area (Å²) < 4.78 is 16.4. The van der Waals surface area contributed by atoms with E-state index in [2.05, 4.69) is 25.0 Å². The van der Waals surface area contributed by atoms with E-state index in [1.165, 1.54) is 22.9 Å². The van der Waals surface area contributed by atoms with E-state index in [1.54, 1.807) is 37.0 Å². The molecule has 0 unspecified atom stereocenters. The van der Waals surface area contributed by atoms with Crippen molar-refractivity contribution in [3.05, 3.63) is 31.7 Å². The Balaban J connectivity index is 0.000000493. The van der Waals surface area contributed by atoms with Crippen molar-refractivity contribution in [3.8, 4) is 0 Å². The number of halogens is 1. The first-order valence-electron chi connectivity index (χ1n) is 10.9. The minimum absolute atomic E-state index is 0.0471. The molecular formula is C23H30BrN3O6S3. The van der Waals surface area contributed by atoms with E-state index < -0.39 is 29.4 Å². The van der Waals surface area contributed by atoms with Crippen molar-refractivity contribution in [1.29, 1.82) is 0 Å². The van der Waals surface area contributed by atoms with Crippen LogP contribution in [0.1, 0.15) is 57.7 Å². The van der Waals surface area contributed by atoms with E-state index in [4.69, 9.17) is 15.6 Å². The second-order valence-electron chi connectivity index (χ2n) is 9.58. The first kappa shape index (κ1) is 30.0. The summed E-state index contributed by atoms with van der Waals surface area (Å²) in [4.78, 5) is 37.4. The van der Waals surface area contributed by atoms with Gasteiger partial charge in [-0.1, -0.05) is 6.07 Å². The second-order valence-corrected chi connectivity index (χ2v) is 13.3. The van der Waals surface area contributed by atoms with E-state index in [1.807, 2.05) is 38.3 Å². The Kier molecular flexibility index (Phi) is 10.3. The van der Waals surface area contributed by atoms with Gasteiger partial charge in [0.1, 0.15) is 21.7 Å². The van der Waals surface area contributed by atoms with Crippen LogP contribution in [0.4, 0.5) is 14.6 Å². The zero-order valence-corrected chi connectivity index (χ0v) is 25.0. The Bertz CT molecular complexity index is 1190. The maximum absolute atomic E-state index is 12.9. The minimum Gasteiger partial charge on any atom is -0.481 e. The normalized spacial score (nSPS) is 11.5. The maximum Gasteiger partial charge on any atom is 0.415 e. The van der Waals surface area contributed by atoms with Crippen molar-refractivity contribution < 1.29 is 29.0 Å². The van der Waals surface area contributed by atoms with E-state index in [0.29, 0.717) is 18.0 Å². The third kappa shape index (κ3) is 9.34. The summed E-state index contributed by atoms with van der Waals surface area (Å²) in [5.41, 5.74) is 4.41. The summed E-state index contributed by atoms with van der Waals surface area (Å²) in [7, 11) is 0. The Morgan fingerprint density at radius 2 is 1.78 bits per heavy atom. The number of thiophene rings is 2. The molecule has 3 rings (SSSR count). The van der Waals surface area contributed by atoms with Crippen molar-refractivity contribution >= 4 is 83.5 Å². The molecule has 13 heteroatoms. The van der Waals surface area contributed by atoms with Crippen LogP contribution in [0.15, 0.2) is 22.0 Å². The van der Waals surface area contributed by atoms with Crippen LogP contribution >= 0.6 is 50.1 Å². The highest BCUT2D eigenvalue weighted by Gasteiger charge is 2.29. The summed E-state index contributed by atoms with van der Waals surface area (Å²) in [6.07, 6.45) is -0.690. The van der Waals surface area contributed by atoms with Crippen LogP contribution in [0.2, 0.25) is 0 Å². The Morgan fingerprint density at radius 3 is 2.25 bits per heavy atom. The summed E-state index contributed by atoms with van der Waals surface area (Å²) in [5.74, 6) is -0.843. The lowest BCUT2D eigenvalue weighted by molar-refractivity contribution is -0.136. The standard InChI is InChI=1S/C18H19BrN2O4S3.C5H11NO2/c1-18(2,3)25-17(24)21(9-10-5-4-8-26-10)16-15-14(20-28-16)13(19)11(27-15)6-7-12(22)23;1-5(2,3)8-4(6)7/h4-5,8H,6-7,9H2,1-3H3,(H,22,23);1-3H3,(H2,6,7). The smallest absolute Gasteiger partial charge is 0.415 e. The van der Waals surface area contributed by atoms with Gasteiger partial charge in [-0.2, -0.15) is 4.37 Å². The highest BCUT2D eigenvalue weighted by Crippen LogP contribution is 2.44. The van der Waals surface area contributed by atoms with Gasteiger partial charge in [0.25, 0.3) is 0 Å². The Morgan fingerprint density at radius 1 is 1.14 bits per heavy atom. The average molecular weight is 621 g/mol. The number of hydrogen-bond donors (Lipinski definition) is 2. The van der Waals surface area contributed by atoms with Crippen LogP contribution in [-0.2, 0) is 27.2 Å². The molecule has 9 nitrogen and oxygen atoms in total. The molecule has 0 saturated carbocycles. The van der Waals surface area contributed by atoms with Crippen molar-refractivity contribution in [2.45, 2.75) is 72.1 Å². The molecule has 3 aromatic heterocycles. The number of aliphatic carboxylic acids is 1. The molecule has 3 heterocycles. The SMILES string of the molecule is CC(C)(C)OC(=O)N(Cc1cccs1)c1snc2c(Br)c(CCC(=O)O)sc12.CC(C)(C)OC(N)=O. The number of rotatable bonds is 6. The van der Waals surface area contributed by atoms with Crippen LogP contribution in [0.3, 0.4) is 0 Å². The quantitative estimate of drug-likeness (QED) is 0.303. The zero-order chi connectivity index (χ0) is 27.3. The number of nitrogens with zero attached hydrogens (tertiary/aromatic N) is 2. The van der Waals surface area contributed by atoms with Crippen LogP contribution in [-0.4, -0.2) is 38.8 Å². The zero-order valence-electron chi connectivity index (χ0n) is 20.9. The van der Waals surface area contributed by atoms with Crippen LogP contribution in [0, 0.1) is 0 Å². The number of carbonyl (C=O) groups excluding carboxylic acids is 2. The number of fused-ring (bicyclic) bond motifs is 1. The van der Waals surface area contributed by atoms with Gasteiger partial charge in [-0.3, -0.25) is 9.69 Å². The Labute approximate surface area is 230 Å². The summed E-state index contributed by atoms with van der Waals surface area (Å²) in [5, 5.41) is 11.6. The second kappa shape index (κ2) is 12.3. The largest absolute Gasteiger partial charge is 0.481 e.